The van der Waals surface area contributed by atoms with Crippen LogP contribution in [0.4, 0.5) is 0 Å². The largest absolute Gasteiger partial charge is 0.493 e. The number of carbonyl (C=O) groups is 1. The Labute approximate surface area is 150 Å². The van der Waals surface area contributed by atoms with Crippen LogP contribution < -0.4 is 19.7 Å². The Bertz CT molecular complexity index is 625. The number of likely N-dealkylation sites (N-methyl/N-ethyl adjacent to an activating group) is 1. The van der Waals surface area contributed by atoms with Crippen LogP contribution in [0.1, 0.15) is 33.3 Å². The topological polar surface area (TPSA) is 75.8 Å². The highest BCUT2D eigenvalue weighted by molar-refractivity contribution is 5.78. The molecule has 0 saturated carbocycles. The van der Waals surface area contributed by atoms with Crippen molar-refractivity contribution in [2.24, 2.45) is 5.92 Å². The Morgan fingerprint density at radius 3 is 2.60 bits per heavy atom. The van der Waals surface area contributed by atoms with Crippen molar-refractivity contribution < 1.29 is 19.2 Å². The predicted molar refractivity (Wildman–Crippen MR) is 96.6 cm³/mol. The summed E-state index contributed by atoms with van der Waals surface area (Å²) in [5.74, 6) is 1.31. The lowest BCUT2D eigenvalue weighted by Gasteiger charge is -2.27. The van der Waals surface area contributed by atoms with Crippen molar-refractivity contribution >= 4 is 5.91 Å². The molecule has 6 nitrogen and oxygen atoms in total. The molecule has 0 aliphatic carbocycles. The molecule has 6 heteroatoms. The molecule has 1 rings (SSSR count). The molecule has 0 radical (unpaired) electrons. The first-order chi connectivity index (χ1) is 11.8. The van der Waals surface area contributed by atoms with Gasteiger partial charge in [0, 0.05) is 5.56 Å². The third kappa shape index (κ3) is 5.95. The molecule has 1 aromatic carbocycles. The highest BCUT2D eigenvalue weighted by Gasteiger charge is 2.30. The van der Waals surface area contributed by atoms with Crippen LogP contribution >= 0.6 is 0 Å². The molecule has 0 fully saturated rings. The van der Waals surface area contributed by atoms with Gasteiger partial charge in [0.2, 0.25) is 0 Å². The smallest absolute Gasteiger partial charge is 0.276 e. The van der Waals surface area contributed by atoms with Crippen molar-refractivity contribution in [2.45, 2.75) is 39.8 Å². The summed E-state index contributed by atoms with van der Waals surface area (Å²) in [5, 5.41) is 12.1. The molecule has 0 aromatic heterocycles. The van der Waals surface area contributed by atoms with Crippen LogP contribution in [-0.4, -0.2) is 38.8 Å². The normalized spacial score (nSPS) is 14.3. The molecule has 0 heterocycles. The average molecular weight is 348 g/mol. The van der Waals surface area contributed by atoms with E-state index in [9.17, 15) is 10.1 Å². The molecule has 0 spiro atoms. The number of nitrogens with zero attached hydrogens (tertiary/aromatic N) is 1. The summed E-state index contributed by atoms with van der Waals surface area (Å²) in [5.41, 5.74) is 0.206. The van der Waals surface area contributed by atoms with E-state index >= 15 is 0 Å². The maximum atomic E-state index is 12.3. The summed E-state index contributed by atoms with van der Waals surface area (Å²) in [4.78, 5) is 13.3. The summed E-state index contributed by atoms with van der Waals surface area (Å²) < 4.78 is 10.9. The number of hydrogen-bond acceptors (Lipinski definition) is 4. The van der Waals surface area contributed by atoms with Gasteiger partial charge in [0.05, 0.1) is 26.8 Å². The number of benzene rings is 1. The Balaban J connectivity index is 2.69. The van der Waals surface area contributed by atoms with Crippen LogP contribution in [0.5, 0.6) is 11.5 Å². The zero-order valence-corrected chi connectivity index (χ0v) is 16.1. The van der Waals surface area contributed by atoms with Crippen molar-refractivity contribution in [3.05, 3.63) is 23.8 Å². The first-order valence-electron chi connectivity index (χ1n) is 8.59. The summed E-state index contributed by atoms with van der Waals surface area (Å²) in [6.45, 7) is 9.06. The van der Waals surface area contributed by atoms with E-state index in [4.69, 9.17) is 9.47 Å². The van der Waals surface area contributed by atoms with E-state index in [2.05, 4.69) is 11.4 Å². The van der Waals surface area contributed by atoms with Gasteiger partial charge in [-0.25, -0.2) is 0 Å². The molecule has 138 valence electrons. The molecule has 0 bridgehead atoms. The SMILES string of the molecule is CCOc1ccc(C[NH+](C)CC(=O)N[C@](C)(C#N)C(C)C)cc1OC. The molecule has 0 saturated heterocycles. The van der Waals surface area contributed by atoms with Gasteiger partial charge in [-0.05, 0) is 38.0 Å². The maximum absolute atomic E-state index is 12.3. The predicted octanol–water partition coefficient (Wildman–Crippen LogP) is 1.16. The summed E-state index contributed by atoms with van der Waals surface area (Å²) >= 11 is 0. The minimum Gasteiger partial charge on any atom is -0.493 e. The number of amides is 1. The van der Waals surface area contributed by atoms with Crippen molar-refractivity contribution in [3.8, 4) is 17.6 Å². The lowest BCUT2D eigenvalue weighted by Crippen LogP contribution is -3.09. The fourth-order valence-electron chi connectivity index (χ4n) is 2.42. The molecule has 0 aliphatic rings. The fraction of sp³-hybridized carbons (Fsp3) is 0.579. The average Bonchev–Trinajstić information content (AvgIpc) is 2.55. The molecular formula is C19H30N3O3+. The van der Waals surface area contributed by atoms with Gasteiger partial charge >= 0.3 is 0 Å². The zero-order chi connectivity index (χ0) is 19.0. The second-order valence-electron chi connectivity index (χ2n) is 6.75. The van der Waals surface area contributed by atoms with E-state index in [1.165, 1.54) is 0 Å². The van der Waals surface area contributed by atoms with Crippen molar-refractivity contribution in [1.29, 1.82) is 5.26 Å². The van der Waals surface area contributed by atoms with Crippen LogP contribution in [0.25, 0.3) is 0 Å². The van der Waals surface area contributed by atoms with E-state index in [1.807, 2.05) is 46.0 Å². The highest BCUT2D eigenvalue weighted by Crippen LogP contribution is 2.27. The molecule has 1 unspecified atom stereocenters. The van der Waals surface area contributed by atoms with E-state index in [1.54, 1.807) is 14.0 Å². The first kappa shape index (κ1) is 20.8. The van der Waals surface area contributed by atoms with Crippen molar-refractivity contribution in [1.82, 2.24) is 5.32 Å². The molecule has 1 amide bonds. The van der Waals surface area contributed by atoms with E-state index < -0.39 is 5.54 Å². The summed E-state index contributed by atoms with van der Waals surface area (Å²) in [7, 11) is 3.56. The standard InChI is InChI=1S/C19H29N3O3/c1-7-25-16-9-8-15(10-17(16)24-6)11-22(5)12-18(23)21-19(4,13-20)14(2)3/h8-10,14H,7,11-12H2,1-6H3,(H,21,23)/p+1/t19-/m1/s1. The number of methoxy groups -OCH3 is 1. The number of rotatable bonds is 9. The van der Waals surface area contributed by atoms with Gasteiger partial charge in [-0.3, -0.25) is 4.79 Å². The monoisotopic (exact) mass is 348 g/mol. The highest BCUT2D eigenvalue weighted by atomic mass is 16.5. The minimum absolute atomic E-state index is 0.0390. The number of ether oxygens (including phenoxy) is 2. The van der Waals surface area contributed by atoms with E-state index in [0.29, 0.717) is 31.2 Å². The second kappa shape index (κ2) is 9.28. The lowest BCUT2D eigenvalue weighted by atomic mass is 9.90. The fourth-order valence-corrected chi connectivity index (χ4v) is 2.42. The third-order valence-corrected chi connectivity index (χ3v) is 4.28. The van der Waals surface area contributed by atoms with Gasteiger partial charge in [-0.1, -0.05) is 13.8 Å². The van der Waals surface area contributed by atoms with Gasteiger partial charge in [-0.2, -0.15) is 5.26 Å². The van der Waals surface area contributed by atoms with Crippen LogP contribution in [-0.2, 0) is 11.3 Å². The number of carbonyl (C=O) groups excluding carboxylic acids is 1. The van der Waals surface area contributed by atoms with Crippen molar-refractivity contribution in [3.63, 3.8) is 0 Å². The van der Waals surface area contributed by atoms with Crippen LogP contribution in [0.2, 0.25) is 0 Å². The first-order valence-corrected chi connectivity index (χ1v) is 8.59. The Kier molecular flexibility index (Phi) is 7.72. The Hall–Kier alpha value is -2.26. The third-order valence-electron chi connectivity index (χ3n) is 4.28. The van der Waals surface area contributed by atoms with Crippen molar-refractivity contribution in [2.75, 3.05) is 27.3 Å². The number of hydrogen-bond donors (Lipinski definition) is 2. The second-order valence-corrected chi connectivity index (χ2v) is 6.75. The van der Waals surface area contributed by atoms with Crippen LogP contribution in [0.3, 0.4) is 0 Å². The molecule has 2 atom stereocenters. The van der Waals surface area contributed by atoms with Crippen LogP contribution in [0, 0.1) is 17.2 Å². The quantitative estimate of drug-likeness (QED) is 0.702. The van der Waals surface area contributed by atoms with Gasteiger partial charge in [0.1, 0.15) is 12.1 Å². The molecule has 2 N–H and O–H groups in total. The Morgan fingerprint density at radius 2 is 2.08 bits per heavy atom. The molecule has 25 heavy (non-hydrogen) atoms. The van der Waals surface area contributed by atoms with Gasteiger partial charge in [-0.15, -0.1) is 0 Å². The van der Waals surface area contributed by atoms with Crippen LogP contribution in [0.15, 0.2) is 18.2 Å². The summed E-state index contributed by atoms with van der Waals surface area (Å²) in [6, 6.07) is 7.98. The molecular weight excluding hydrogens is 318 g/mol. The number of nitrogens with one attached hydrogen (secondary N) is 2. The zero-order valence-electron chi connectivity index (χ0n) is 16.1. The summed E-state index contributed by atoms with van der Waals surface area (Å²) in [6.07, 6.45) is 0. The lowest BCUT2D eigenvalue weighted by molar-refractivity contribution is -0.885. The Morgan fingerprint density at radius 1 is 1.40 bits per heavy atom. The minimum atomic E-state index is -0.847. The maximum Gasteiger partial charge on any atom is 0.276 e. The molecule has 0 aliphatic heterocycles. The molecule has 1 aromatic rings. The van der Waals surface area contributed by atoms with Gasteiger partial charge < -0.3 is 19.7 Å². The number of nitriles is 1. The van der Waals surface area contributed by atoms with Gasteiger partial charge in [0.25, 0.3) is 5.91 Å². The van der Waals surface area contributed by atoms with E-state index in [0.717, 1.165) is 10.5 Å². The van der Waals surface area contributed by atoms with E-state index in [-0.39, 0.29) is 11.8 Å². The number of quaternary nitrogens is 1. The van der Waals surface area contributed by atoms with Gasteiger partial charge in [0.15, 0.2) is 18.0 Å².